The molecule has 1 aromatic heterocycles. The van der Waals surface area contributed by atoms with Crippen LogP contribution in [-0.4, -0.2) is 18.1 Å². The van der Waals surface area contributed by atoms with Crippen molar-refractivity contribution < 1.29 is 4.74 Å². The lowest BCUT2D eigenvalue weighted by Gasteiger charge is -2.09. The average molecular weight is 342 g/mol. The third-order valence-electron chi connectivity index (χ3n) is 2.46. The van der Waals surface area contributed by atoms with Crippen molar-refractivity contribution in [2.45, 2.75) is 6.54 Å². The van der Waals surface area contributed by atoms with Gasteiger partial charge in [0.15, 0.2) is 0 Å². The molecule has 2 aromatic rings. The number of halogens is 2. The molecule has 0 atom stereocenters. The van der Waals surface area contributed by atoms with E-state index in [2.05, 4.69) is 26.2 Å². The maximum absolute atomic E-state index is 5.86. The van der Waals surface area contributed by atoms with Gasteiger partial charge in [-0.15, -0.1) is 0 Å². The van der Waals surface area contributed by atoms with E-state index in [1.54, 1.807) is 6.20 Å². The van der Waals surface area contributed by atoms with Crippen LogP contribution in [0.1, 0.15) is 5.69 Å². The summed E-state index contributed by atoms with van der Waals surface area (Å²) in [7, 11) is 0. The molecule has 0 saturated heterocycles. The number of rotatable bonds is 6. The van der Waals surface area contributed by atoms with E-state index in [1.165, 1.54) is 0 Å². The summed E-state index contributed by atoms with van der Waals surface area (Å²) in [6, 6.07) is 11.4. The van der Waals surface area contributed by atoms with Gasteiger partial charge in [0, 0.05) is 24.3 Å². The van der Waals surface area contributed by atoms with E-state index >= 15 is 0 Å². The van der Waals surface area contributed by atoms with Gasteiger partial charge in [-0.1, -0.05) is 17.7 Å². The summed E-state index contributed by atoms with van der Waals surface area (Å²) in [5.74, 6) is 0.795. The molecule has 0 aliphatic heterocycles. The molecule has 0 bridgehead atoms. The Morgan fingerprint density at radius 3 is 2.89 bits per heavy atom. The number of hydrogen-bond donors (Lipinski definition) is 1. The molecule has 0 unspecified atom stereocenters. The second-order valence-corrected chi connectivity index (χ2v) is 5.21. The molecule has 2 rings (SSSR count). The van der Waals surface area contributed by atoms with Gasteiger partial charge in [-0.05, 0) is 46.3 Å². The summed E-state index contributed by atoms with van der Waals surface area (Å²) in [6.45, 7) is 2.09. The molecule has 0 radical (unpaired) electrons. The monoisotopic (exact) mass is 340 g/mol. The van der Waals surface area contributed by atoms with Crippen molar-refractivity contribution in [2.75, 3.05) is 13.2 Å². The number of nitrogens with one attached hydrogen (secondary N) is 1. The van der Waals surface area contributed by atoms with Crippen molar-refractivity contribution in [3.63, 3.8) is 0 Å². The van der Waals surface area contributed by atoms with Gasteiger partial charge in [0.25, 0.3) is 0 Å². The summed E-state index contributed by atoms with van der Waals surface area (Å²) in [5.41, 5.74) is 1.02. The van der Waals surface area contributed by atoms with Gasteiger partial charge in [0.05, 0.1) is 10.2 Å². The predicted molar refractivity (Wildman–Crippen MR) is 80.6 cm³/mol. The topological polar surface area (TPSA) is 34.1 Å². The van der Waals surface area contributed by atoms with E-state index in [-0.39, 0.29) is 0 Å². The third-order valence-corrected chi connectivity index (χ3v) is 3.32. The first kappa shape index (κ1) is 14.3. The lowest BCUT2D eigenvalue weighted by atomic mass is 10.3. The van der Waals surface area contributed by atoms with Gasteiger partial charge in [-0.2, -0.15) is 0 Å². The van der Waals surface area contributed by atoms with Crippen LogP contribution < -0.4 is 10.1 Å². The lowest BCUT2D eigenvalue weighted by Crippen LogP contribution is -2.21. The van der Waals surface area contributed by atoms with Crippen LogP contribution in [-0.2, 0) is 6.54 Å². The Labute approximate surface area is 126 Å². The first-order valence-electron chi connectivity index (χ1n) is 5.94. The van der Waals surface area contributed by atoms with Gasteiger partial charge in [0.2, 0.25) is 0 Å². The van der Waals surface area contributed by atoms with Gasteiger partial charge in [0.1, 0.15) is 12.4 Å². The lowest BCUT2D eigenvalue weighted by molar-refractivity contribution is 0.311. The summed E-state index contributed by atoms with van der Waals surface area (Å²) >= 11 is 9.28. The Kier molecular flexibility index (Phi) is 5.63. The van der Waals surface area contributed by atoms with Crippen molar-refractivity contribution in [3.05, 3.63) is 57.8 Å². The number of benzene rings is 1. The minimum atomic E-state index is 0.590. The predicted octanol–water partition coefficient (Wildman–Crippen LogP) is 3.67. The summed E-state index contributed by atoms with van der Waals surface area (Å²) < 4.78 is 6.51. The van der Waals surface area contributed by atoms with Crippen LogP contribution in [0.25, 0.3) is 0 Å². The minimum absolute atomic E-state index is 0.590. The molecule has 1 aromatic carbocycles. The Morgan fingerprint density at radius 2 is 2.16 bits per heavy atom. The van der Waals surface area contributed by atoms with E-state index in [9.17, 15) is 0 Å². The Morgan fingerprint density at radius 1 is 1.26 bits per heavy atom. The zero-order valence-corrected chi connectivity index (χ0v) is 12.6. The number of hydrogen-bond acceptors (Lipinski definition) is 3. The molecule has 0 aliphatic carbocycles. The molecular formula is C14H14BrClN2O. The zero-order valence-electron chi connectivity index (χ0n) is 10.3. The Balaban J connectivity index is 1.69. The Hall–Kier alpha value is -1.10. The highest BCUT2D eigenvalue weighted by Gasteiger charge is 2.01. The van der Waals surface area contributed by atoms with Gasteiger partial charge in [-0.3, -0.25) is 4.98 Å². The summed E-state index contributed by atoms with van der Waals surface area (Å²) in [4.78, 5) is 4.23. The van der Waals surface area contributed by atoms with Gasteiger partial charge in [-0.25, -0.2) is 0 Å². The molecule has 0 saturated carbocycles. The van der Waals surface area contributed by atoms with E-state index in [4.69, 9.17) is 16.3 Å². The van der Waals surface area contributed by atoms with Gasteiger partial charge < -0.3 is 10.1 Å². The SMILES string of the molecule is Clc1ccc(OCCNCc2ccccn2)c(Br)c1. The molecule has 1 heterocycles. The molecule has 19 heavy (non-hydrogen) atoms. The largest absolute Gasteiger partial charge is 0.491 e. The highest BCUT2D eigenvalue weighted by molar-refractivity contribution is 9.10. The molecule has 100 valence electrons. The highest BCUT2D eigenvalue weighted by atomic mass is 79.9. The fraction of sp³-hybridized carbons (Fsp3) is 0.214. The van der Waals surface area contributed by atoms with E-state index < -0.39 is 0 Å². The van der Waals surface area contributed by atoms with E-state index in [0.29, 0.717) is 11.6 Å². The van der Waals surface area contributed by atoms with Crippen LogP contribution in [0.3, 0.4) is 0 Å². The van der Waals surface area contributed by atoms with Crippen LogP contribution in [0, 0.1) is 0 Å². The molecule has 1 N–H and O–H groups in total. The molecule has 3 nitrogen and oxygen atoms in total. The van der Waals surface area contributed by atoms with Crippen LogP contribution in [0.15, 0.2) is 47.1 Å². The first-order valence-corrected chi connectivity index (χ1v) is 7.11. The van der Waals surface area contributed by atoms with Crippen molar-refractivity contribution in [1.29, 1.82) is 0 Å². The van der Waals surface area contributed by atoms with E-state index in [1.807, 2.05) is 36.4 Å². The smallest absolute Gasteiger partial charge is 0.133 e. The number of aromatic nitrogens is 1. The summed E-state index contributed by atoms with van der Waals surface area (Å²) in [6.07, 6.45) is 1.79. The molecule has 0 aliphatic rings. The van der Waals surface area contributed by atoms with Crippen LogP contribution >= 0.6 is 27.5 Å². The van der Waals surface area contributed by atoms with Crippen LogP contribution in [0.4, 0.5) is 0 Å². The van der Waals surface area contributed by atoms with Crippen molar-refractivity contribution >= 4 is 27.5 Å². The fourth-order valence-electron chi connectivity index (χ4n) is 1.54. The third kappa shape index (κ3) is 4.82. The van der Waals surface area contributed by atoms with Crippen LogP contribution in [0.2, 0.25) is 5.02 Å². The molecule has 0 amide bonds. The standard InChI is InChI=1S/C14H14BrClN2O/c15-13-9-11(16)4-5-14(13)19-8-7-17-10-12-3-1-2-6-18-12/h1-6,9,17H,7-8,10H2. The van der Waals surface area contributed by atoms with E-state index in [0.717, 1.165) is 29.0 Å². The quantitative estimate of drug-likeness (QED) is 0.814. The second-order valence-electron chi connectivity index (χ2n) is 3.92. The molecular weight excluding hydrogens is 328 g/mol. The molecule has 0 fully saturated rings. The van der Waals surface area contributed by atoms with Crippen molar-refractivity contribution in [3.8, 4) is 5.75 Å². The average Bonchev–Trinajstić information content (AvgIpc) is 2.42. The zero-order chi connectivity index (χ0) is 13.5. The Bertz CT molecular complexity index is 522. The van der Waals surface area contributed by atoms with Crippen molar-refractivity contribution in [2.24, 2.45) is 0 Å². The summed E-state index contributed by atoms with van der Waals surface area (Å²) in [5, 5.41) is 3.96. The maximum Gasteiger partial charge on any atom is 0.133 e. The normalized spacial score (nSPS) is 10.4. The molecule has 5 heteroatoms. The minimum Gasteiger partial charge on any atom is -0.491 e. The fourth-order valence-corrected chi connectivity index (χ4v) is 2.34. The maximum atomic E-state index is 5.86. The van der Waals surface area contributed by atoms with Crippen LogP contribution in [0.5, 0.6) is 5.75 Å². The van der Waals surface area contributed by atoms with Crippen molar-refractivity contribution in [1.82, 2.24) is 10.3 Å². The number of ether oxygens (including phenoxy) is 1. The molecule has 0 spiro atoms. The number of nitrogens with zero attached hydrogens (tertiary/aromatic N) is 1. The highest BCUT2D eigenvalue weighted by Crippen LogP contribution is 2.27. The first-order chi connectivity index (χ1) is 9.25. The number of pyridine rings is 1. The van der Waals surface area contributed by atoms with Gasteiger partial charge >= 0.3 is 0 Å². The second kappa shape index (κ2) is 7.48.